The predicted octanol–water partition coefficient (Wildman–Crippen LogP) is 0.993. The molecule has 1 atom stereocenters. The molecule has 0 unspecified atom stereocenters. The molecule has 2 rings (SSSR count). The summed E-state index contributed by atoms with van der Waals surface area (Å²) in [7, 11) is 3.72. The SMILES string of the molecule is Cc1cccc([C@H](C(=O)NCC(=O)NC2CC2)N(C)C)c1. The minimum atomic E-state index is -0.390. The van der Waals surface area contributed by atoms with Crippen molar-refractivity contribution in [3.63, 3.8) is 0 Å². The van der Waals surface area contributed by atoms with Crippen LogP contribution in [0.3, 0.4) is 0 Å². The first-order chi connectivity index (χ1) is 9.97. The van der Waals surface area contributed by atoms with Crippen molar-refractivity contribution in [1.29, 1.82) is 0 Å². The summed E-state index contributed by atoms with van der Waals surface area (Å²) < 4.78 is 0. The van der Waals surface area contributed by atoms with E-state index in [2.05, 4.69) is 10.6 Å². The third-order valence-corrected chi connectivity index (χ3v) is 3.49. The largest absolute Gasteiger partial charge is 0.352 e. The summed E-state index contributed by atoms with van der Waals surface area (Å²) in [6.45, 7) is 2.03. The Morgan fingerprint density at radius 1 is 1.33 bits per heavy atom. The number of carbonyl (C=O) groups is 2. The molecule has 2 N–H and O–H groups in total. The molecule has 1 aliphatic carbocycles. The fourth-order valence-electron chi connectivity index (χ4n) is 2.29. The molecule has 0 saturated heterocycles. The van der Waals surface area contributed by atoms with Crippen LogP contribution >= 0.6 is 0 Å². The number of carbonyl (C=O) groups excluding carboxylic acids is 2. The number of nitrogens with one attached hydrogen (secondary N) is 2. The lowest BCUT2D eigenvalue weighted by Crippen LogP contribution is -2.42. The van der Waals surface area contributed by atoms with E-state index < -0.39 is 6.04 Å². The average Bonchev–Trinajstić information content (AvgIpc) is 3.20. The molecule has 1 aromatic rings. The highest BCUT2D eigenvalue weighted by Crippen LogP contribution is 2.20. The van der Waals surface area contributed by atoms with Crippen LogP contribution in [0.25, 0.3) is 0 Å². The van der Waals surface area contributed by atoms with Gasteiger partial charge in [-0.25, -0.2) is 0 Å². The van der Waals surface area contributed by atoms with E-state index >= 15 is 0 Å². The van der Waals surface area contributed by atoms with Crippen LogP contribution < -0.4 is 10.6 Å². The number of hydrogen-bond acceptors (Lipinski definition) is 3. The summed E-state index contributed by atoms with van der Waals surface area (Å²) in [6.07, 6.45) is 2.09. The van der Waals surface area contributed by atoms with Gasteiger partial charge in [-0.1, -0.05) is 29.8 Å². The van der Waals surface area contributed by atoms with E-state index in [9.17, 15) is 9.59 Å². The van der Waals surface area contributed by atoms with Gasteiger partial charge in [0.25, 0.3) is 0 Å². The summed E-state index contributed by atoms with van der Waals surface area (Å²) in [4.78, 5) is 25.9. The topological polar surface area (TPSA) is 61.4 Å². The third kappa shape index (κ3) is 4.56. The molecule has 0 aromatic heterocycles. The molecule has 5 heteroatoms. The van der Waals surface area contributed by atoms with Crippen molar-refractivity contribution in [1.82, 2.24) is 15.5 Å². The van der Waals surface area contributed by atoms with Crippen molar-refractivity contribution in [3.05, 3.63) is 35.4 Å². The number of rotatable bonds is 6. The Morgan fingerprint density at radius 3 is 2.62 bits per heavy atom. The highest BCUT2D eigenvalue weighted by atomic mass is 16.2. The van der Waals surface area contributed by atoms with Crippen molar-refractivity contribution in [3.8, 4) is 0 Å². The van der Waals surface area contributed by atoms with Gasteiger partial charge in [-0.3, -0.25) is 14.5 Å². The second-order valence-corrected chi connectivity index (χ2v) is 5.84. The summed E-state index contributed by atoms with van der Waals surface area (Å²) in [6, 6.07) is 7.79. The van der Waals surface area contributed by atoms with Gasteiger partial charge in [0.05, 0.1) is 6.54 Å². The van der Waals surface area contributed by atoms with Crippen LogP contribution in [-0.2, 0) is 9.59 Å². The Balaban J connectivity index is 1.96. The molecular formula is C16H23N3O2. The lowest BCUT2D eigenvalue weighted by molar-refractivity contribution is -0.129. The van der Waals surface area contributed by atoms with Gasteiger partial charge in [0, 0.05) is 6.04 Å². The lowest BCUT2D eigenvalue weighted by Gasteiger charge is -2.24. The zero-order valence-electron chi connectivity index (χ0n) is 12.8. The Labute approximate surface area is 125 Å². The lowest BCUT2D eigenvalue weighted by atomic mass is 10.0. The maximum Gasteiger partial charge on any atom is 0.242 e. The van der Waals surface area contributed by atoms with E-state index in [1.807, 2.05) is 50.2 Å². The second-order valence-electron chi connectivity index (χ2n) is 5.84. The summed E-state index contributed by atoms with van der Waals surface area (Å²) >= 11 is 0. The van der Waals surface area contributed by atoms with Gasteiger partial charge in [-0.2, -0.15) is 0 Å². The Bertz CT molecular complexity index is 524. The number of hydrogen-bond donors (Lipinski definition) is 2. The zero-order valence-corrected chi connectivity index (χ0v) is 12.8. The molecule has 114 valence electrons. The summed E-state index contributed by atoms with van der Waals surface area (Å²) in [5, 5.41) is 5.58. The van der Waals surface area contributed by atoms with Gasteiger partial charge in [0.2, 0.25) is 11.8 Å². The second kappa shape index (κ2) is 6.72. The molecule has 0 heterocycles. The van der Waals surface area contributed by atoms with E-state index in [0.717, 1.165) is 24.0 Å². The molecule has 0 bridgehead atoms. The average molecular weight is 289 g/mol. The normalized spacial score (nSPS) is 15.6. The van der Waals surface area contributed by atoms with Crippen molar-refractivity contribution < 1.29 is 9.59 Å². The molecule has 0 aliphatic heterocycles. The van der Waals surface area contributed by atoms with Crippen molar-refractivity contribution in [2.45, 2.75) is 31.8 Å². The van der Waals surface area contributed by atoms with Crippen LogP contribution in [0.15, 0.2) is 24.3 Å². The Kier molecular flexibility index (Phi) is 4.96. The highest BCUT2D eigenvalue weighted by Gasteiger charge is 2.25. The molecule has 1 aromatic carbocycles. The molecule has 21 heavy (non-hydrogen) atoms. The first-order valence-electron chi connectivity index (χ1n) is 7.27. The van der Waals surface area contributed by atoms with Crippen LogP contribution in [0, 0.1) is 6.92 Å². The van der Waals surface area contributed by atoms with Gasteiger partial charge >= 0.3 is 0 Å². The maximum atomic E-state index is 12.4. The van der Waals surface area contributed by atoms with E-state index in [1.54, 1.807) is 0 Å². The van der Waals surface area contributed by atoms with Crippen LogP contribution in [0.1, 0.15) is 30.0 Å². The van der Waals surface area contributed by atoms with E-state index in [4.69, 9.17) is 0 Å². The number of likely N-dealkylation sites (N-methyl/N-ethyl adjacent to an activating group) is 1. The Hall–Kier alpha value is -1.88. The standard InChI is InChI=1S/C16H23N3O2/c1-11-5-4-6-12(9-11)15(19(2)3)16(21)17-10-14(20)18-13-7-8-13/h4-6,9,13,15H,7-8,10H2,1-3H3,(H,17,21)(H,18,20)/t15-/m1/s1. The molecular weight excluding hydrogens is 266 g/mol. The minimum absolute atomic E-state index is 0.0332. The zero-order chi connectivity index (χ0) is 15.4. The molecule has 1 saturated carbocycles. The van der Waals surface area contributed by atoms with E-state index in [-0.39, 0.29) is 18.4 Å². The van der Waals surface area contributed by atoms with Crippen LogP contribution in [0.5, 0.6) is 0 Å². The fourth-order valence-corrected chi connectivity index (χ4v) is 2.29. The smallest absolute Gasteiger partial charge is 0.242 e. The maximum absolute atomic E-state index is 12.4. The van der Waals surface area contributed by atoms with Crippen LogP contribution in [0.2, 0.25) is 0 Å². The van der Waals surface area contributed by atoms with Gasteiger partial charge in [-0.05, 0) is 39.4 Å². The summed E-state index contributed by atoms with van der Waals surface area (Å²) in [5.74, 6) is -0.274. The molecule has 1 fully saturated rings. The minimum Gasteiger partial charge on any atom is -0.352 e. The van der Waals surface area contributed by atoms with Crippen LogP contribution in [-0.4, -0.2) is 43.4 Å². The molecule has 5 nitrogen and oxygen atoms in total. The van der Waals surface area contributed by atoms with Crippen molar-refractivity contribution in [2.75, 3.05) is 20.6 Å². The number of nitrogens with zero attached hydrogens (tertiary/aromatic N) is 1. The Morgan fingerprint density at radius 2 is 2.05 bits per heavy atom. The van der Waals surface area contributed by atoms with Gasteiger partial charge in [0.1, 0.15) is 6.04 Å². The monoisotopic (exact) mass is 289 g/mol. The van der Waals surface area contributed by atoms with Gasteiger partial charge in [-0.15, -0.1) is 0 Å². The number of amides is 2. The predicted molar refractivity (Wildman–Crippen MR) is 81.8 cm³/mol. The number of benzene rings is 1. The fraction of sp³-hybridized carbons (Fsp3) is 0.500. The number of aryl methyl sites for hydroxylation is 1. The van der Waals surface area contributed by atoms with Crippen molar-refractivity contribution >= 4 is 11.8 Å². The van der Waals surface area contributed by atoms with Gasteiger partial charge in [0.15, 0.2) is 0 Å². The molecule has 1 aliphatic rings. The molecule has 0 radical (unpaired) electrons. The summed E-state index contributed by atoms with van der Waals surface area (Å²) in [5.41, 5.74) is 2.04. The first-order valence-corrected chi connectivity index (χ1v) is 7.27. The van der Waals surface area contributed by atoms with E-state index in [1.165, 1.54) is 0 Å². The van der Waals surface area contributed by atoms with Gasteiger partial charge < -0.3 is 10.6 Å². The molecule has 2 amide bonds. The molecule has 0 spiro atoms. The van der Waals surface area contributed by atoms with Crippen molar-refractivity contribution in [2.24, 2.45) is 0 Å². The van der Waals surface area contributed by atoms with Crippen LogP contribution in [0.4, 0.5) is 0 Å². The van der Waals surface area contributed by atoms with E-state index in [0.29, 0.717) is 6.04 Å². The quantitative estimate of drug-likeness (QED) is 0.821. The highest BCUT2D eigenvalue weighted by molar-refractivity contribution is 5.88. The third-order valence-electron chi connectivity index (χ3n) is 3.49. The first kappa shape index (κ1) is 15.5.